The van der Waals surface area contributed by atoms with Gasteiger partial charge in [0.15, 0.2) is 6.10 Å². The van der Waals surface area contributed by atoms with Crippen molar-refractivity contribution in [1.29, 1.82) is 0 Å². The number of carbonyl (C=O) groups is 3. The fourth-order valence-electron chi connectivity index (χ4n) is 12.5. The lowest BCUT2D eigenvalue weighted by Gasteiger charge is -2.70. The van der Waals surface area contributed by atoms with Crippen LogP contribution >= 0.6 is 0 Å². The summed E-state index contributed by atoms with van der Waals surface area (Å²) in [6.45, 7) is 5.96. The van der Waals surface area contributed by atoms with Crippen molar-refractivity contribution in [3.63, 3.8) is 0 Å². The van der Waals surface area contributed by atoms with Gasteiger partial charge in [-0.05, 0) is 31.0 Å². The topological polar surface area (TPSA) is 160 Å². The van der Waals surface area contributed by atoms with E-state index in [2.05, 4.69) is 4.90 Å². The Hall–Kier alpha value is -2.65. The number of hydrogen-bond donors (Lipinski definition) is 2. The maximum Gasteiger partial charge on any atom is 0.338 e. The predicted octanol–water partition coefficient (Wildman–Crippen LogP) is 1.22. The number of ether oxygens (including phenoxy) is 7. The molecule has 7 rings (SSSR count). The second kappa shape index (κ2) is 12.0. The van der Waals surface area contributed by atoms with Crippen LogP contribution in [0.3, 0.4) is 0 Å². The van der Waals surface area contributed by atoms with E-state index in [0.717, 1.165) is 0 Å². The van der Waals surface area contributed by atoms with Gasteiger partial charge >= 0.3 is 17.9 Å². The van der Waals surface area contributed by atoms with Crippen LogP contribution in [0, 0.1) is 34.5 Å². The summed E-state index contributed by atoms with van der Waals surface area (Å²) in [5.41, 5.74) is -5.09. The molecule has 13 heteroatoms. The van der Waals surface area contributed by atoms with E-state index in [1.54, 1.807) is 51.7 Å². The van der Waals surface area contributed by atoms with Gasteiger partial charge in [0.2, 0.25) is 0 Å². The standard InChI is InChI=1S/C36H49NO12/c1-8-37-16-33(17-43-4)22(47-18(2)38)14-23(44-5)35-21-15-34(41)29(49-32(40)20-12-10-9-11-13-20)24(21)36(42,31(30(34)46-7)48-19(3)39)25(28(35)37)26(45-6)27(33)35/h9-13,21-31,41-42H,8,14-17H2,1-7H3/t21-,22+,23?,24+,25?,26?,27+,28?,29+,30-,31-,33-,34-,35?,36+/m0/s1. The van der Waals surface area contributed by atoms with Crippen molar-refractivity contribution >= 4 is 17.9 Å². The molecule has 1 aromatic rings. The van der Waals surface area contributed by atoms with E-state index < -0.39 is 100 Å². The average Bonchev–Trinajstić information content (AvgIpc) is 3.45. The molecule has 6 fully saturated rings. The van der Waals surface area contributed by atoms with E-state index in [-0.39, 0.29) is 19.1 Å². The van der Waals surface area contributed by atoms with Crippen LogP contribution in [0.4, 0.5) is 0 Å². The Morgan fingerprint density at radius 1 is 0.857 bits per heavy atom. The molecule has 15 atom stereocenters. The van der Waals surface area contributed by atoms with Crippen LogP contribution in [-0.2, 0) is 42.7 Å². The van der Waals surface area contributed by atoms with Crippen molar-refractivity contribution in [3.8, 4) is 0 Å². The molecule has 1 aromatic carbocycles. The smallest absolute Gasteiger partial charge is 0.338 e. The van der Waals surface area contributed by atoms with Gasteiger partial charge < -0.3 is 43.4 Å². The first kappa shape index (κ1) is 34.8. The minimum absolute atomic E-state index is 0.0534. The molecule has 1 saturated heterocycles. The van der Waals surface area contributed by atoms with Crippen molar-refractivity contribution in [2.75, 3.05) is 48.1 Å². The summed E-state index contributed by atoms with van der Waals surface area (Å²) < 4.78 is 43.4. The van der Waals surface area contributed by atoms with Crippen LogP contribution in [0.2, 0.25) is 0 Å². The van der Waals surface area contributed by atoms with Crippen LogP contribution in [0.15, 0.2) is 30.3 Å². The zero-order chi connectivity index (χ0) is 35.3. The quantitative estimate of drug-likeness (QED) is 0.267. The number of hydrogen-bond acceptors (Lipinski definition) is 13. The summed E-state index contributed by atoms with van der Waals surface area (Å²) in [5, 5.41) is 26.6. The summed E-state index contributed by atoms with van der Waals surface area (Å²) in [6, 6.07) is 8.11. The normalized spacial score (nSPS) is 47.4. The van der Waals surface area contributed by atoms with Crippen LogP contribution in [0.1, 0.15) is 44.0 Å². The predicted molar refractivity (Wildman–Crippen MR) is 170 cm³/mol. The lowest BCUT2D eigenvalue weighted by Crippen LogP contribution is -2.81. The number of esters is 3. The highest BCUT2D eigenvalue weighted by atomic mass is 16.6. The molecular weight excluding hydrogens is 638 g/mol. The number of piperidine rings is 1. The monoisotopic (exact) mass is 687 g/mol. The molecule has 2 N–H and O–H groups in total. The first-order valence-corrected chi connectivity index (χ1v) is 17.2. The molecule has 270 valence electrons. The number of fused-ring (bicyclic) bond motifs is 2. The van der Waals surface area contributed by atoms with Crippen molar-refractivity contribution in [3.05, 3.63) is 35.9 Å². The Morgan fingerprint density at radius 3 is 2.12 bits per heavy atom. The third kappa shape index (κ3) is 4.27. The largest absolute Gasteiger partial charge is 0.462 e. The maximum atomic E-state index is 13.8. The number of nitrogens with zero attached hydrogens (tertiary/aromatic N) is 1. The van der Waals surface area contributed by atoms with Gasteiger partial charge in [-0.15, -0.1) is 0 Å². The molecule has 0 aromatic heterocycles. The molecule has 1 spiro atoms. The molecule has 1 heterocycles. The molecule has 5 aliphatic carbocycles. The number of rotatable bonds is 10. The zero-order valence-corrected chi connectivity index (χ0v) is 29.2. The molecular formula is C36H49NO12. The zero-order valence-electron chi connectivity index (χ0n) is 29.2. The Kier molecular flexibility index (Phi) is 8.49. The third-order valence-electron chi connectivity index (χ3n) is 13.4. The van der Waals surface area contributed by atoms with E-state index in [1.807, 2.05) is 6.92 Å². The van der Waals surface area contributed by atoms with Crippen LogP contribution in [0.25, 0.3) is 0 Å². The molecule has 0 amide bonds. The number of methoxy groups -OCH3 is 4. The molecule has 7 bridgehead atoms. The number of aliphatic hydroxyl groups is 2. The van der Waals surface area contributed by atoms with Crippen molar-refractivity contribution in [2.24, 2.45) is 34.5 Å². The number of likely N-dealkylation sites (tertiary alicyclic amines) is 1. The fourth-order valence-corrected chi connectivity index (χ4v) is 12.5. The minimum Gasteiger partial charge on any atom is -0.462 e. The first-order chi connectivity index (χ1) is 23.4. The average molecular weight is 688 g/mol. The van der Waals surface area contributed by atoms with E-state index in [4.69, 9.17) is 33.2 Å². The SMILES string of the molecule is CCN1C[C@]2(COC)[C@H](OC(C)=O)CC(OC)C34C1C(C(OC)[C@@H]32)[C@]1(O)[C@H]2[C@@H](OC(=O)c3ccccc3)[C@@](O)(C[C@@H]24)[C@@H](OC)[C@@H]1OC(C)=O. The van der Waals surface area contributed by atoms with Gasteiger partial charge in [0.1, 0.15) is 29.5 Å². The Bertz CT molecular complexity index is 1480. The Balaban J connectivity index is 1.51. The molecule has 5 saturated carbocycles. The van der Waals surface area contributed by atoms with Gasteiger partial charge in [0.25, 0.3) is 0 Å². The lowest BCUT2D eigenvalue weighted by molar-refractivity contribution is -0.322. The maximum absolute atomic E-state index is 13.8. The van der Waals surface area contributed by atoms with Gasteiger partial charge in [0.05, 0.1) is 24.4 Å². The van der Waals surface area contributed by atoms with Crippen LogP contribution in [0.5, 0.6) is 0 Å². The second-order valence-corrected chi connectivity index (χ2v) is 15.0. The summed E-state index contributed by atoms with van der Waals surface area (Å²) in [4.78, 5) is 41.6. The number of benzene rings is 1. The van der Waals surface area contributed by atoms with Gasteiger partial charge in [-0.2, -0.15) is 0 Å². The highest BCUT2D eigenvalue weighted by Crippen LogP contribution is 2.80. The fraction of sp³-hybridized carbons (Fsp3) is 0.750. The molecule has 5 unspecified atom stereocenters. The lowest BCUT2D eigenvalue weighted by atomic mass is 9.42. The second-order valence-electron chi connectivity index (χ2n) is 15.0. The highest BCUT2D eigenvalue weighted by Gasteiger charge is 2.92. The molecule has 1 aliphatic heterocycles. The first-order valence-electron chi connectivity index (χ1n) is 17.2. The third-order valence-corrected chi connectivity index (χ3v) is 13.4. The Labute approximate surface area is 286 Å². The van der Waals surface area contributed by atoms with Crippen LogP contribution in [-0.4, -0.2) is 135 Å². The van der Waals surface area contributed by atoms with Gasteiger partial charge in [-0.1, -0.05) is 25.1 Å². The van der Waals surface area contributed by atoms with E-state index in [9.17, 15) is 24.6 Å². The van der Waals surface area contributed by atoms with Gasteiger partial charge in [-0.3, -0.25) is 14.5 Å². The summed E-state index contributed by atoms with van der Waals surface area (Å²) in [5.74, 6) is -4.34. The summed E-state index contributed by atoms with van der Waals surface area (Å²) in [6.07, 6.45) is -5.22. The Morgan fingerprint density at radius 2 is 1.55 bits per heavy atom. The minimum atomic E-state index is -1.90. The summed E-state index contributed by atoms with van der Waals surface area (Å²) >= 11 is 0. The van der Waals surface area contributed by atoms with E-state index in [1.165, 1.54) is 21.0 Å². The highest BCUT2D eigenvalue weighted by molar-refractivity contribution is 5.89. The molecule has 6 aliphatic rings. The van der Waals surface area contributed by atoms with Crippen molar-refractivity contribution < 1.29 is 57.8 Å². The number of carbonyl (C=O) groups excluding carboxylic acids is 3. The van der Waals surface area contributed by atoms with Crippen molar-refractivity contribution in [2.45, 2.75) is 87.5 Å². The van der Waals surface area contributed by atoms with E-state index in [0.29, 0.717) is 25.1 Å². The van der Waals surface area contributed by atoms with Crippen LogP contribution < -0.4 is 0 Å². The molecule has 13 nitrogen and oxygen atoms in total. The molecule has 49 heavy (non-hydrogen) atoms. The van der Waals surface area contributed by atoms with Crippen molar-refractivity contribution in [1.82, 2.24) is 4.90 Å². The van der Waals surface area contributed by atoms with Gasteiger partial charge in [-0.25, -0.2) is 4.79 Å². The summed E-state index contributed by atoms with van der Waals surface area (Å²) in [7, 11) is 6.26. The molecule has 0 radical (unpaired) electrons. The van der Waals surface area contributed by atoms with E-state index >= 15 is 0 Å². The van der Waals surface area contributed by atoms with Gasteiger partial charge in [0, 0.05) is 89.9 Å².